The zero-order valence-electron chi connectivity index (χ0n) is 18.1. The van der Waals surface area contributed by atoms with Gasteiger partial charge in [-0.2, -0.15) is 0 Å². The number of primary amides is 1. The van der Waals surface area contributed by atoms with Gasteiger partial charge >= 0.3 is 0 Å². The van der Waals surface area contributed by atoms with Crippen molar-refractivity contribution in [2.75, 3.05) is 13.6 Å². The van der Waals surface area contributed by atoms with Crippen LogP contribution in [0.15, 0.2) is 0 Å². The van der Waals surface area contributed by atoms with Crippen LogP contribution in [-0.2, 0) is 9.59 Å². The number of hydrogen-bond donors (Lipinski definition) is 3. The van der Waals surface area contributed by atoms with Crippen LogP contribution in [0.4, 0.5) is 0 Å². The van der Waals surface area contributed by atoms with Gasteiger partial charge in [0.15, 0.2) is 5.96 Å². The molecule has 0 spiro atoms. The smallest absolute Gasteiger partial charge is 0.217 e. The SMILES string of the molecule is CN(CCCCCC(=O)CCCCCCCCCCCCCC(N)=O)C(=N)N. The standard InChI is InChI=1S/C22H44N4O2/c1-26(22(24)25)19-15-11-13-17-20(27)16-12-9-7-5-3-2-4-6-8-10-14-18-21(23)28/h2-19H2,1H3,(H2,23,28)(H3,24,25). The average Bonchev–Trinajstić information content (AvgIpc) is 2.64. The van der Waals surface area contributed by atoms with Gasteiger partial charge in [0.25, 0.3) is 0 Å². The number of hydrogen-bond acceptors (Lipinski definition) is 3. The van der Waals surface area contributed by atoms with Gasteiger partial charge in [-0.1, -0.05) is 64.2 Å². The van der Waals surface area contributed by atoms with E-state index in [9.17, 15) is 9.59 Å². The molecule has 0 aliphatic carbocycles. The molecule has 0 aliphatic rings. The number of rotatable bonds is 20. The quantitative estimate of drug-likeness (QED) is 0.160. The average molecular weight is 397 g/mol. The van der Waals surface area contributed by atoms with Gasteiger partial charge in [-0.15, -0.1) is 0 Å². The molecule has 0 aromatic heterocycles. The lowest BCUT2D eigenvalue weighted by atomic mass is 10.0. The summed E-state index contributed by atoms with van der Waals surface area (Å²) in [7, 11) is 1.82. The number of nitrogens with two attached hydrogens (primary N) is 2. The first kappa shape index (κ1) is 26.4. The van der Waals surface area contributed by atoms with Crippen molar-refractivity contribution in [2.45, 2.75) is 109 Å². The Kier molecular flexibility index (Phi) is 17.7. The Balaban J connectivity index is 3.24. The summed E-state index contributed by atoms with van der Waals surface area (Å²) in [6.45, 7) is 0.790. The Labute approximate surface area is 172 Å². The first-order valence-corrected chi connectivity index (χ1v) is 11.3. The van der Waals surface area contributed by atoms with Crippen LogP contribution in [0.1, 0.15) is 109 Å². The lowest BCUT2D eigenvalue weighted by Crippen LogP contribution is -2.33. The minimum atomic E-state index is -0.184. The van der Waals surface area contributed by atoms with Gasteiger partial charge < -0.3 is 16.4 Å². The van der Waals surface area contributed by atoms with Crippen molar-refractivity contribution >= 4 is 17.6 Å². The summed E-state index contributed by atoms with van der Waals surface area (Å²) in [5, 5.41) is 7.29. The zero-order chi connectivity index (χ0) is 21.0. The van der Waals surface area contributed by atoms with Crippen LogP contribution >= 0.6 is 0 Å². The molecule has 0 bridgehead atoms. The van der Waals surface area contributed by atoms with Crippen LogP contribution in [0, 0.1) is 5.41 Å². The number of unbranched alkanes of at least 4 members (excludes halogenated alkanes) is 12. The number of nitrogens with zero attached hydrogens (tertiary/aromatic N) is 1. The van der Waals surface area contributed by atoms with Crippen LogP contribution in [0.3, 0.4) is 0 Å². The van der Waals surface area contributed by atoms with Crippen molar-refractivity contribution < 1.29 is 9.59 Å². The molecule has 6 heteroatoms. The summed E-state index contributed by atoms with van der Waals surface area (Å²) in [4.78, 5) is 24.2. The van der Waals surface area contributed by atoms with Crippen molar-refractivity contribution in [2.24, 2.45) is 11.5 Å². The highest BCUT2D eigenvalue weighted by molar-refractivity contribution is 5.78. The monoisotopic (exact) mass is 396 g/mol. The van der Waals surface area contributed by atoms with Gasteiger partial charge in [0.2, 0.25) is 5.91 Å². The first-order valence-electron chi connectivity index (χ1n) is 11.3. The predicted molar refractivity (Wildman–Crippen MR) is 117 cm³/mol. The van der Waals surface area contributed by atoms with Gasteiger partial charge in [-0.05, 0) is 25.7 Å². The third-order valence-corrected chi connectivity index (χ3v) is 5.24. The number of nitrogens with one attached hydrogen (secondary N) is 1. The second-order valence-electron chi connectivity index (χ2n) is 8.01. The van der Waals surface area contributed by atoms with E-state index >= 15 is 0 Å². The van der Waals surface area contributed by atoms with Crippen LogP contribution in [0.5, 0.6) is 0 Å². The summed E-state index contributed by atoms with van der Waals surface area (Å²) >= 11 is 0. The van der Waals surface area contributed by atoms with Crippen molar-refractivity contribution in [3.8, 4) is 0 Å². The molecule has 0 heterocycles. The van der Waals surface area contributed by atoms with Gasteiger partial charge in [-0.3, -0.25) is 15.0 Å². The fraction of sp³-hybridized carbons (Fsp3) is 0.864. The summed E-state index contributed by atoms with van der Waals surface area (Å²) in [6.07, 6.45) is 18.0. The van der Waals surface area contributed by atoms with E-state index in [-0.39, 0.29) is 11.9 Å². The van der Waals surface area contributed by atoms with Crippen molar-refractivity contribution in [1.82, 2.24) is 4.90 Å². The highest BCUT2D eigenvalue weighted by atomic mass is 16.1. The van der Waals surface area contributed by atoms with Gasteiger partial charge in [-0.25, -0.2) is 0 Å². The Bertz CT molecular complexity index is 427. The normalized spacial score (nSPS) is 10.8. The molecule has 1 amide bonds. The van der Waals surface area contributed by atoms with Gasteiger partial charge in [0.1, 0.15) is 5.78 Å². The number of guanidine groups is 1. The second-order valence-corrected chi connectivity index (χ2v) is 8.01. The molecule has 0 aromatic rings. The minimum absolute atomic E-state index is 0.105. The summed E-state index contributed by atoms with van der Waals surface area (Å²) < 4.78 is 0. The maximum absolute atomic E-state index is 11.9. The van der Waals surface area contributed by atoms with E-state index in [4.69, 9.17) is 16.9 Å². The van der Waals surface area contributed by atoms with Crippen molar-refractivity contribution in [3.63, 3.8) is 0 Å². The third-order valence-electron chi connectivity index (χ3n) is 5.24. The Morgan fingerprint density at radius 1 is 0.643 bits per heavy atom. The maximum atomic E-state index is 11.9. The van der Waals surface area contributed by atoms with Crippen LogP contribution < -0.4 is 11.5 Å². The van der Waals surface area contributed by atoms with E-state index in [0.29, 0.717) is 18.6 Å². The first-order chi connectivity index (χ1) is 13.4. The molecule has 0 aromatic carbocycles. The molecule has 0 saturated heterocycles. The fourth-order valence-corrected chi connectivity index (χ4v) is 3.31. The molecular weight excluding hydrogens is 352 g/mol. The lowest BCUT2D eigenvalue weighted by molar-refractivity contribution is -0.119. The number of carbonyl (C=O) groups is 2. The Morgan fingerprint density at radius 3 is 1.39 bits per heavy atom. The molecule has 0 atom stereocenters. The van der Waals surface area contributed by atoms with Crippen molar-refractivity contribution in [3.05, 3.63) is 0 Å². The Morgan fingerprint density at radius 2 is 1.00 bits per heavy atom. The molecule has 28 heavy (non-hydrogen) atoms. The number of carbonyl (C=O) groups excluding carboxylic acids is 2. The molecule has 0 unspecified atom stereocenters. The molecule has 6 nitrogen and oxygen atoms in total. The Hall–Kier alpha value is -1.59. The highest BCUT2D eigenvalue weighted by Gasteiger charge is 2.03. The molecule has 0 fully saturated rings. The number of Topliss-reactive ketones (excluding diaryl/α,β-unsaturated/α-hetero) is 1. The van der Waals surface area contributed by atoms with E-state index in [1.165, 1.54) is 51.4 Å². The number of amides is 1. The summed E-state index contributed by atoms with van der Waals surface area (Å²) in [6, 6.07) is 0. The van der Waals surface area contributed by atoms with Crippen molar-refractivity contribution in [1.29, 1.82) is 5.41 Å². The third kappa shape index (κ3) is 19.2. The molecular formula is C22H44N4O2. The molecule has 0 saturated carbocycles. The summed E-state index contributed by atoms with van der Waals surface area (Å²) in [5.41, 5.74) is 10.5. The zero-order valence-corrected chi connectivity index (χ0v) is 18.1. The topological polar surface area (TPSA) is 113 Å². The molecule has 0 rings (SSSR count). The predicted octanol–water partition coefficient (Wildman–Crippen LogP) is 4.50. The van der Waals surface area contributed by atoms with E-state index in [2.05, 4.69) is 0 Å². The van der Waals surface area contributed by atoms with E-state index in [1.807, 2.05) is 7.05 Å². The molecule has 5 N–H and O–H groups in total. The van der Waals surface area contributed by atoms with Crippen LogP contribution in [0.2, 0.25) is 0 Å². The maximum Gasteiger partial charge on any atom is 0.217 e. The molecule has 164 valence electrons. The van der Waals surface area contributed by atoms with Gasteiger partial charge in [0.05, 0.1) is 0 Å². The second kappa shape index (κ2) is 18.8. The summed E-state index contributed by atoms with van der Waals surface area (Å²) in [5.74, 6) is 0.320. The van der Waals surface area contributed by atoms with E-state index in [1.54, 1.807) is 4.90 Å². The fourth-order valence-electron chi connectivity index (χ4n) is 3.31. The van der Waals surface area contributed by atoms with E-state index < -0.39 is 0 Å². The highest BCUT2D eigenvalue weighted by Crippen LogP contribution is 2.13. The van der Waals surface area contributed by atoms with Gasteiger partial charge in [0, 0.05) is 32.9 Å². The van der Waals surface area contributed by atoms with E-state index in [0.717, 1.165) is 51.5 Å². The number of ketones is 1. The lowest BCUT2D eigenvalue weighted by Gasteiger charge is -2.15. The van der Waals surface area contributed by atoms with Crippen LogP contribution in [-0.4, -0.2) is 36.1 Å². The van der Waals surface area contributed by atoms with Crippen LogP contribution in [0.25, 0.3) is 0 Å². The molecule has 0 radical (unpaired) electrons. The minimum Gasteiger partial charge on any atom is -0.370 e. The molecule has 0 aliphatic heterocycles. The largest absolute Gasteiger partial charge is 0.370 e.